The highest BCUT2D eigenvalue weighted by Crippen LogP contribution is 2.35. The summed E-state index contributed by atoms with van der Waals surface area (Å²) in [6.45, 7) is 0. The first kappa shape index (κ1) is 16.0. The van der Waals surface area contributed by atoms with Gasteiger partial charge in [0.05, 0.1) is 9.95 Å². The van der Waals surface area contributed by atoms with E-state index in [9.17, 15) is 10.1 Å². The predicted octanol–water partition coefficient (Wildman–Crippen LogP) is 4.47. The second-order valence-corrected chi connectivity index (χ2v) is 4.71. The molecule has 2 aromatic rings. The Morgan fingerprint density at radius 3 is 2.48 bits per heavy atom. The van der Waals surface area contributed by atoms with E-state index in [2.05, 4.69) is 0 Å². The largest absolute Gasteiger partial charge is 0.449 e. The molecule has 0 saturated carbocycles. The Morgan fingerprint density at radius 1 is 1.17 bits per heavy atom. The minimum atomic E-state index is -0.609. The van der Waals surface area contributed by atoms with Crippen LogP contribution in [0.3, 0.4) is 0 Å². The number of rotatable bonds is 4. The van der Waals surface area contributed by atoms with Gasteiger partial charge in [0.2, 0.25) is 5.75 Å². The van der Waals surface area contributed by atoms with Crippen molar-refractivity contribution in [3.05, 3.63) is 68.7 Å². The number of hydrogen-bond donors (Lipinski definition) is 0. The topological polar surface area (TPSA) is 100.0 Å². The van der Waals surface area contributed by atoms with Gasteiger partial charge in [0.1, 0.15) is 23.5 Å². The summed E-state index contributed by atoms with van der Waals surface area (Å²) in [6, 6.07) is 14.1. The Bertz CT molecular complexity index is 863. The van der Waals surface area contributed by atoms with Crippen molar-refractivity contribution >= 4 is 23.4 Å². The lowest BCUT2D eigenvalue weighted by Crippen LogP contribution is -1.94. The molecule has 0 radical (unpaired) electrons. The quantitative estimate of drug-likeness (QED) is 0.469. The Morgan fingerprint density at radius 2 is 1.87 bits per heavy atom. The molecule has 0 atom stereocenters. The third-order valence-electron chi connectivity index (χ3n) is 2.79. The maximum atomic E-state index is 11.2. The zero-order valence-corrected chi connectivity index (χ0v) is 12.3. The van der Waals surface area contributed by atoms with Crippen LogP contribution in [0.15, 0.2) is 48.0 Å². The van der Waals surface area contributed by atoms with Gasteiger partial charge in [-0.15, -0.1) is 0 Å². The van der Waals surface area contributed by atoms with E-state index in [1.165, 1.54) is 24.3 Å². The first-order valence-electron chi connectivity index (χ1n) is 6.28. The van der Waals surface area contributed by atoms with Crippen molar-refractivity contribution in [1.29, 1.82) is 10.5 Å². The molecule has 112 valence electrons. The average molecular weight is 326 g/mol. The fourth-order valence-electron chi connectivity index (χ4n) is 1.76. The van der Waals surface area contributed by atoms with Gasteiger partial charge in [0, 0.05) is 6.07 Å². The highest BCUT2D eigenvalue weighted by atomic mass is 35.5. The molecule has 0 aliphatic rings. The van der Waals surface area contributed by atoms with Crippen LogP contribution in [0.2, 0.25) is 5.02 Å². The maximum absolute atomic E-state index is 11.2. The van der Waals surface area contributed by atoms with E-state index in [-0.39, 0.29) is 22.8 Å². The monoisotopic (exact) mass is 325 g/mol. The number of ether oxygens (including phenoxy) is 1. The van der Waals surface area contributed by atoms with Crippen LogP contribution in [-0.2, 0) is 0 Å². The molecular weight excluding hydrogens is 318 g/mol. The molecule has 0 aromatic heterocycles. The van der Waals surface area contributed by atoms with Crippen LogP contribution in [0.25, 0.3) is 6.08 Å². The number of benzene rings is 2. The summed E-state index contributed by atoms with van der Waals surface area (Å²) in [5.74, 6) is 0.297. The summed E-state index contributed by atoms with van der Waals surface area (Å²) in [4.78, 5) is 10.6. The van der Waals surface area contributed by atoms with E-state index in [0.29, 0.717) is 10.6 Å². The van der Waals surface area contributed by atoms with Gasteiger partial charge in [-0.25, -0.2) is 0 Å². The predicted molar refractivity (Wildman–Crippen MR) is 83.8 cm³/mol. The summed E-state index contributed by atoms with van der Waals surface area (Å²) in [6.07, 6.45) is 1.26. The molecule has 0 N–H and O–H groups in total. The van der Waals surface area contributed by atoms with Crippen LogP contribution in [0.4, 0.5) is 5.69 Å². The summed E-state index contributed by atoms with van der Waals surface area (Å²) in [7, 11) is 0. The number of nitro groups is 1. The van der Waals surface area contributed by atoms with Crippen LogP contribution in [-0.4, -0.2) is 4.92 Å². The van der Waals surface area contributed by atoms with Gasteiger partial charge in [-0.2, -0.15) is 10.5 Å². The normalized spacial score (nSPS) is 9.35. The van der Waals surface area contributed by atoms with Gasteiger partial charge >= 0.3 is 5.69 Å². The van der Waals surface area contributed by atoms with Gasteiger partial charge in [-0.1, -0.05) is 29.8 Å². The third-order valence-corrected chi connectivity index (χ3v) is 3.10. The van der Waals surface area contributed by atoms with Gasteiger partial charge in [0.15, 0.2) is 0 Å². The molecule has 0 heterocycles. The summed E-state index contributed by atoms with van der Waals surface area (Å²) in [5, 5.41) is 29.0. The second kappa shape index (κ2) is 7.08. The Hall–Kier alpha value is -3.35. The maximum Gasteiger partial charge on any atom is 0.312 e. The molecule has 2 rings (SSSR count). The number of nitrogens with zero attached hydrogens (tertiary/aromatic N) is 3. The smallest absolute Gasteiger partial charge is 0.312 e. The van der Waals surface area contributed by atoms with Crippen molar-refractivity contribution < 1.29 is 9.66 Å². The molecule has 0 aliphatic heterocycles. The highest BCUT2D eigenvalue weighted by molar-refractivity contribution is 6.32. The molecule has 0 saturated heterocycles. The van der Waals surface area contributed by atoms with Crippen molar-refractivity contribution in [3.8, 4) is 23.6 Å². The Kier molecular flexibility index (Phi) is 4.93. The SMILES string of the molecule is N#CC(C#N)=Cc1ccc(Oc2ccccc2Cl)c([N+](=O)[O-])c1. The van der Waals surface area contributed by atoms with Crippen molar-refractivity contribution in [1.82, 2.24) is 0 Å². The van der Waals surface area contributed by atoms with Crippen LogP contribution in [0, 0.1) is 32.8 Å². The first-order valence-corrected chi connectivity index (χ1v) is 6.65. The Labute approximate surface area is 136 Å². The van der Waals surface area contributed by atoms with E-state index in [1.807, 2.05) is 0 Å². The second-order valence-electron chi connectivity index (χ2n) is 4.30. The standard InChI is InChI=1S/C16H8ClN3O3/c17-13-3-1-2-4-15(13)23-16-6-5-11(7-12(9-18)10-19)8-14(16)20(21)22/h1-8H. The van der Waals surface area contributed by atoms with E-state index >= 15 is 0 Å². The van der Waals surface area contributed by atoms with E-state index in [4.69, 9.17) is 26.9 Å². The molecule has 23 heavy (non-hydrogen) atoms. The van der Waals surface area contributed by atoms with Crippen LogP contribution >= 0.6 is 11.6 Å². The first-order chi connectivity index (χ1) is 11.0. The molecule has 6 nitrogen and oxygen atoms in total. The zero-order chi connectivity index (χ0) is 16.8. The van der Waals surface area contributed by atoms with Gasteiger partial charge in [-0.05, 0) is 29.8 Å². The number of para-hydroxylation sites is 1. The Balaban J connectivity index is 2.45. The summed E-state index contributed by atoms with van der Waals surface area (Å²) < 4.78 is 5.49. The van der Waals surface area contributed by atoms with Crippen molar-refractivity contribution in [2.24, 2.45) is 0 Å². The summed E-state index contributed by atoms with van der Waals surface area (Å²) >= 11 is 5.97. The number of halogens is 1. The third kappa shape index (κ3) is 3.85. The van der Waals surface area contributed by atoms with Crippen LogP contribution < -0.4 is 4.74 Å². The van der Waals surface area contributed by atoms with Crippen LogP contribution in [0.5, 0.6) is 11.5 Å². The molecule has 2 aromatic carbocycles. The van der Waals surface area contributed by atoms with Crippen molar-refractivity contribution in [2.45, 2.75) is 0 Å². The minimum absolute atomic E-state index is 0.00992. The molecule has 7 heteroatoms. The number of nitriles is 2. The lowest BCUT2D eigenvalue weighted by Gasteiger charge is -2.08. The molecule has 0 amide bonds. The number of nitro benzene ring substituents is 1. The fraction of sp³-hybridized carbons (Fsp3) is 0. The zero-order valence-electron chi connectivity index (χ0n) is 11.6. The van der Waals surface area contributed by atoms with E-state index < -0.39 is 4.92 Å². The summed E-state index contributed by atoms with van der Waals surface area (Å²) in [5.41, 5.74) is -0.103. The lowest BCUT2D eigenvalue weighted by molar-refractivity contribution is -0.385. The highest BCUT2D eigenvalue weighted by Gasteiger charge is 2.17. The molecule has 0 aliphatic carbocycles. The van der Waals surface area contributed by atoms with Crippen LogP contribution in [0.1, 0.15) is 5.56 Å². The molecule has 0 spiro atoms. The van der Waals surface area contributed by atoms with E-state index in [1.54, 1.807) is 36.4 Å². The van der Waals surface area contributed by atoms with Gasteiger partial charge in [0.25, 0.3) is 0 Å². The van der Waals surface area contributed by atoms with Crippen molar-refractivity contribution in [2.75, 3.05) is 0 Å². The minimum Gasteiger partial charge on any atom is -0.449 e. The molecule has 0 unspecified atom stereocenters. The molecular formula is C16H8ClN3O3. The molecule has 0 fully saturated rings. The number of allylic oxidation sites excluding steroid dienone is 1. The number of hydrogen-bond acceptors (Lipinski definition) is 5. The van der Waals surface area contributed by atoms with Gasteiger partial charge in [-0.3, -0.25) is 10.1 Å². The fourth-order valence-corrected chi connectivity index (χ4v) is 1.93. The molecule has 0 bridgehead atoms. The van der Waals surface area contributed by atoms with E-state index in [0.717, 1.165) is 0 Å². The van der Waals surface area contributed by atoms with Gasteiger partial charge < -0.3 is 4.74 Å². The average Bonchev–Trinajstić information content (AvgIpc) is 2.55. The van der Waals surface area contributed by atoms with Crippen molar-refractivity contribution in [3.63, 3.8) is 0 Å². The lowest BCUT2D eigenvalue weighted by atomic mass is 10.1.